The summed E-state index contributed by atoms with van der Waals surface area (Å²) in [5.41, 5.74) is 1.99. The van der Waals surface area contributed by atoms with E-state index in [9.17, 15) is 5.11 Å². The third-order valence-corrected chi connectivity index (χ3v) is 7.04. The van der Waals surface area contributed by atoms with Crippen molar-refractivity contribution < 1.29 is 5.11 Å². The van der Waals surface area contributed by atoms with E-state index in [0.29, 0.717) is 6.42 Å². The smallest absolute Gasteiger partial charge is 0.0930 e. The van der Waals surface area contributed by atoms with E-state index in [-0.39, 0.29) is 4.08 Å². The quantitative estimate of drug-likeness (QED) is 0.857. The van der Waals surface area contributed by atoms with Crippen LogP contribution in [0.2, 0.25) is 0 Å². The van der Waals surface area contributed by atoms with Crippen molar-refractivity contribution in [2.75, 3.05) is 11.5 Å². The monoisotopic (exact) mass is 313 g/mol. The average molecular weight is 313 g/mol. The van der Waals surface area contributed by atoms with Crippen LogP contribution >= 0.6 is 23.5 Å². The van der Waals surface area contributed by atoms with Gasteiger partial charge in [-0.25, -0.2) is 0 Å². The van der Waals surface area contributed by atoms with Gasteiger partial charge in [0.1, 0.15) is 0 Å². The lowest BCUT2D eigenvalue weighted by Gasteiger charge is -2.40. The molecule has 1 aliphatic rings. The van der Waals surface area contributed by atoms with Crippen LogP contribution in [0.5, 0.6) is 0 Å². The SMILES string of the molecule is [O-][C@@H](CC1(c2c#cccc2)SCCCS1)c1ccccc1. The molecule has 108 valence electrons. The first-order valence-electron chi connectivity index (χ1n) is 7.18. The second kappa shape index (κ2) is 6.79. The molecule has 1 fully saturated rings. The van der Waals surface area contributed by atoms with Gasteiger partial charge in [-0.05, 0) is 36.5 Å². The maximum absolute atomic E-state index is 12.7. The van der Waals surface area contributed by atoms with Gasteiger partial charge in [0.05, 0.1) is 4.08 Å². The summed E-state index contributed by atoms with van der Waals surface area (Å²) in [7, 11) is 0. The van der Waals surface area contributed by atoms with Gasteiger partial charge in [0.15, 0.2) is 0 Å². The van der Waals surface area contributed by atoms with Crippen molar-refractivity contribution in [3.8, 4) is 0 Å². The topological polar surface area (TPSA) is 23.1 Å². The summed E-state index contributed by atoms with van der Waals surface area (Å²) in [6, 6.07) is 21.9. The molecular formula is C18H17OS2-. The average Bonchev–Trinajstić information content (AvgIpc) is 2.57. The van der Waals surface area contributed by atoms with E-state index in [1.54, 1.807) is 0 Å². The molecule has 0 radical (unpaired) electrons. The summed E-state index contributed by atoms with van der Waals surface area (Å²) in [6.45, 7) is 0. The fourth-order valence-corrected chi connectivity index (χ4v) is 5.90. The van der Waals surface area contributed by atoms with Crippen LogP contribution in [0, 0.1) is 12.1 Å². The van der Waals surface area contributed by atoms with Gasteiger partial charge in [-0.2, -0.15) is 0 Å². The van der Waals surface area contributed by atoms with Crippen molar-refractivity contribution in [2.45, 2.75) is 23.0 Å². The minimum Gasteiger partial charge on any atom is -0.848 e. The molecular weight excluding hydrogens is 296 g/mol. The number of hydrogen-bond acceptors (Lipinski definition) is 3. The molecule has 0 bridgehead atoms. The Balaban J connectivity index is 1.86. The molecule has 2 aromatic carbocycles. The van der Waals surface area contributed by atoms with E-state index < -0.39 is 6.10 Å². The van der Waals surface area contributed by atoms with Crippen LogP contribution < -0.4 is 5.11 Å². The summed E-state index contributed by atoms with van der Waals surface area (Å²) < 4.78 is -0.168. The Bertz CT molecular complexity index is 550. The standard InChI is InChI=1S/C18H17OS2/c19-17(15-8-3-1-4-9-15)14-18(20-12-7-13-21-18)16-10-5-2-6-11-16/h1-5,8-10,17H,7,12-14H2/q-1/t17-/m0/s1. The minimum absolute atomic E-state index is 0.168. The Kier molecular flexibility index (Phi) is 4.80. The van der Waals surface area contributed by atoms with E-state index in [4.69, 9.17) is 0 Å². The van der Waals surface area contributed by atoms with Crippen LogP contribution in [-0.4, -0.2) is 11.5 Å². The molecule has 3 rings (SSSR count). The van der Waals surface area contributed by atoms with E-state index >= 15 is 0 Å². The molecule has 1 atom stereocenters. The van der Waals surface area contributed by atoms with E-state index in [1.165, 1.54) is 6.42 Å². The van der Waals surface area contributed by atoms with E-state index in [2.05, 4.69) is 18.2 Å². The van der Waals surface area contributed by atoms with Crippen molar-refractivity contribution in [3.05, 3.63) is 71.8 Å². The molecule has 2 aromatic rings. The van der Waals surface area contributed by atoms with Gasteiger partial charge in [0.25, 0.3) is 0 Å². The Hall–Kier alpha value is -1.08. The lowest BCUT2D eigenvalue weighted by molar-refractivity contribution is -0.428. The Morgan fingerprint density at radius 2 is 1.86 bits per heavy atom. The highest BCUT2D eigenvalue weighted by molar-refractivity contribution is 8.18. The van der Waals surface area contributed by atoms with Crippen LogP contribution in [0.4, 0.5) is 0 Å². The largest absolute Gasteiger partial charge is 0.848 e. The molecule has 1 aliphatic heterocycles. The number of rotatable bonds is 4. The van der Waals surface area contributed by atoms with E-state index in [0.717, 1.165) is 22.6 Å². The highest BCUT2D eigenvalue weighted by atomic mass is 32.2. The molecule has 21 heavy (non-hydrogen) atoms. The van der Waals surface area contributed by atoms with Crippen molar-refractivity contribution in [1.82, 2.24) is 0 Å². The third-order valence-electron chi connectivity index (χ3n) is 3.64. The van der Waals surface area contributed by atoms with Crippen molar-refractivity contribution in [1.29, 1.82) is 0 Å². The van der Waals surface area contributed by atoms with Crippen LogP contribution in [0.3, 0.4) is 0 Å². The second-order valence-electron chi connectivity index (χ2n) is 5.12. The Morgan fingerprint density at radius 1 is 1.10 bits per heavy atom. The molecule has 3 heteroatoms. The van der Waals surface area contributed by atoms with Gasteiger partial charge in [0, 0.05) is 5.56 Å². The lowest BCUT2D eigenvalue weighted by atomic mass is 10.0. The van der Waals surface area contributed by atoms with Gasteiger partial charge in [-0.3, -0.25) is 0 Å². The maximum atomic E-state index is 12.7. The first-order valence-corrected chi connectivity index (χ1v) is 9.15. The summed E-state index contributed by atoms with van der Waals surface area (Å²) in [4.78, 5) is 0. The van der Waals surface area contributed by atoms with Crippen LogP contribution in [0.25, 0.3) is 0 Å². The van der Waals surface area contributed by atoms with Crippen molar-refractivity contribution in [3.63, 3.8) is 0 Å². The summed E-state index contributed by atoms with van der Waals surface area (Å²) >= 11 is 3.80. The Morgan fingerprint density at radius 3 is 2.52 bits per heavy atom. The molecule has 0 spiro atoms. The van der Waals surface area contributed by atoms with Crippen molar-refractivity contribution >= 4 is 23.5 Å². The molecule has 0 aromatic heterocycles. The first-order chi connectivity index (χ1) is 10.3. The van der Waals surface area contributed by atoms with Gasteiger partial charge in [0.2, 0.25) is 0 Å². The number of benzene rings is 1. The highest BCUT2D eigenvalue weighted by Gasteiger charge is 2.36. The lowest BCUT2D eigenvalue weighted by Crippen LogP contribution is -2.29. The first kappa shape index (κ1) is 14.8. The zero-order valence-corrected chi connectivity index (χ0v) is 13.4. The highest BCUT2D eigenvalue weighted by Crippen LogP contribution is 2.53. The fraction of sp³-hybridized carbons (Fsp3) is 0.333. The molecule has 1 heterocycles. The number of hydrogen-bond donors (Lipinski definition) is 0. The molecule has 1 saturated heterocycles. The fourth-order valence-electron chi connectivity index (χ4n) is 2.56. The molecule has 0 aliphatic carbocycles. The summed E-state index contributed by atoms with van der Waals surface area (Å²) in [6.07, 6.45) is 1.11. The summed E-state index contributed by atoms with van der Waals surface area (Å²) in [5.74, 6) is 2.22. The van der Waals surface area contributed by atoms with Gasteiger partial charge in [-0.15, -0.1) is 23.5 Å². The predicted octanol–water partition coefficient (Wildman–Crippen LogP) is 3.80. The zero-order valence-electron chi connectivity index (χ0n) is 11.7. The molecule has 0 N–H and O–H groups in total. The third kappa shape index (κ3) is 3.40. The maximum Gasteiger partial charge on any atom is 0.0930 e. The van der Waals surface area contributed by atoms with Crippen molar-refractivity contribution in [2.24, 2.45) is 0 Å². The van der Waals surface area contributed by atoms with Crippen LogP contribution in [0.1, 0.15) is 30.1 Å². The Labute approximate surface area is 135 Å². The van der Waals surface area contributed by atoms with Gasteiger partial charge in [-0.1, -0.05) is 60.2 Å². The number of thioether (sulfide) groups is 2. The normalized spacial score (nSPS) is 18.7. The van der Waals surface area contributed by atoms with Gasteiger partial charge < -0.3 is 5.11 Å². The molecule has 0 saturated carbocycles. The predicted molar refractivity (Wildman–Crippen MR) is 89.1 cm³/mol. The zero-order chi connectivity index (χ0) is 14.5. The van der Waals surface area contributed by atoms with Crippen LogP contribution in [0.15, 0.2) is 48.5 Å². The van der Waals surface area contributed by atoms with Gasteiger partial charge >= 0.3 is 0 Å². The molecule has 0 amide bonds. The molecule has 1 nitrogen and oxygen atoms in total. The van der Waals surface area contributed by atoms with Crippen LogP contribution in [-0.2, 0) is 4.08 Å². The molecule has 0 unspecified atom stereocenters. The second-order valence-corrected chi connectivity index (χ2v) is 8.16. The summed E-state index contributed by atoms with van der Waals surface area (Å²) in [5, 5.41) is 12.7. The van der Waals surface area contributed by atoms with E-state index in [1.807, 2.05) is 66.0 Å². The minimum atomic E-state index is -0.696.